The van der Waals surface area contributed by atoms with E-state index in [0.717, 1.165) is 31.4 Å². The number of fused-ring (bicyclic) bond motifs is 3. The fraction of sp³-hybridized carbons (Fsp3) is 0.550. The summed E-state index contributed by atoms with van der Waals surface area (Å²) in [6, 6.07) is 8.52. The summed E-state index contributed by atoms with van der Waals surface area (Å²) in [7, 11) is -3.15. The number of aliphatic hydroxyl groups is 1. The van der Waals surface area contributed by atoms with Gasteiger partial charge in [-0.3, -0.25) is 0 Å². The molecule has 1 spiro atoms. The number of imidazole rings is 1. The van der Waals surface area contributed by atoms with Crippen LogP contribution in [0.25, 0.3) is 11.3 Å². The molecule has 0 bridgehead atoms. The Morgan fingerprint density at radius 3 is 2.67 bits per heavy atom. The van der Waals surface area contributed by atoms with E-state index in [9.17, 15) is 13.5 Å². The fourth-order valence-corrected chi connectivity index (χ4v) is 6.51. The number of rotatable bonds is 2. The first-order valence-corrected chi connectivity index (χ1v) is 11.5. The molecule has 1 aliphatic carbocycles. The predicted octanol–water partition coefficient (Wildman–Crippen LogP) is 2.27. The zero-order valence-electron chi connectivity index (χ0n) is 15.5. The summed E-state index contributed by atoms with van der Waals surface area (Å²) >= 11 is 0. The van der Waals surface area contributed by atoms with Gasteiger partial charge in [-0.15, -0.1) is 0 Å². The second-order valence-corrected chi connectivity index (χ2v) is 10.4. The van der Waals surface area contributed by atoms with Gasteiger partial charge in [0.25, 0.3) is 0 Å². The maximum absolute atomic E-state index is 11.8. The summed E-state index contributed by atoms with van der Waals surface area (Å²) in [6.45, 7) is 1.03. The molecule has 0 amide bonds. The molecule has 2 aliphatic heterocycles. The average molecular weight is 388 g/mol. The van der Waals surface area contributed by atoms with Crippen molar-refractivity contribution in [2.75, 3.05) is 19.3 Å². The first-order valence-electron chi connectivity index (χ1n) is 9.65. The van der Waals surface area contributed by atoms with Crippen LogP contribution in [0.2, 0.25) is 0 Å². The maximum Gasteiger partial charge on any atom is 0.211 e. The summed E-state index contributed by atoms with van der Waals surface area (Å²) in [5.74, 6) is 0.131. The molecular formula is C20H25N3O3S. The molecule has 27 heavy (non-hydrogen) atoms. The number of nitrogens with zero attached hydrogens (tertiary/aromatic N) is 3. The zero-order valence-corrected chi connectivity index (χ0v) is 16.3. The molecule has 2 unspecified atom stereocenters. The van der Waals surface area contributed by atoms with Gasteiger partial charge in [0.05, 0.1) is 36.6 Å². The number of hydrogen-bond donors (Lipinski definition) is 1. The molecule has 1 N–H and O–H groups in total. The van der Waals surface area contributed by atoms with Crippen molar-refractivity contribution in [1.82, 2.24) is 13.9 Å². The number of benzene rings is 1. The third-order valence-corrected chi connectivity index (χ3v) is 8.43. The van der Waals surface area contributed by atoms with Gasteiger partial charge in [0.2, 0.25) is 10.0 Å². The fourth-order valence-electron chi connectivity index (χ4n) is 5.66. The van der Waals surface area contributed by atoms with Gasteiger partial charge in [0.15, 0.2) is 0 Å². The van der Waals surface area contributed by atoms with Crippen LogP contribution in [0.5, 0.6) is 0 Å². The number of sulfonamides is 1. The van der Waals surface area contributed by atoms with Crippen LogP contribution in [0.4, 0.5) is 0 Å². The average Bonchev–Trinajstić information content (AvgIpc) is 3.30. The van der Waals surface area contributed by atoms with E-state index in [1.54, 1.807) is 4.31 Å². The van der Waals surface area contributed by atoms with Crippen molar-refractivity contribution < 1.29 is 13.5 Å². The summed E-state index contributed by atoms with van der Waals surface area (Å²) < 4.78 is 27.4. The quantitative estimate of drug-likeness (QED) is 0.858. The summed E-state index contributed by atoms with van der Waals surface area (Å²) in [5.41, 5.74) is 3.43. The standard InChI is InChI=1S/C20H25N3O3S/c1-27(25,26)22-10-8-20(9-11-22)7-6-16(19(20)24)18-15-5-3-2-4-14(15)17-12-21-13-23(17)18/h2-5,12-13,16,18-19,24H,6-11H2,1H3/t16?,18-,19?/m1/s1. The topological polar surface area (TPSA) is 75.4 Å². The third-order valence-electron chi connectivity index (χ3n) is 7.12. The summed E-state index contributed by atoms with van der Waals surface area (Å²) in [6.07, 6.45) is 8.02. The van der Waals surface area contributed by atoms with Crippen molar-refractivity contribution in [3.63, 3.8) is 0 Å². The molecule has 3 atom stereocenters. The molecule has 7 heteroatoms. The van der Waals surface area contributed by atoms with Crippen LogP contribution >= 0.6 is 0 Å². The van der Waals surface area contributed by atoms with Crippen molar-refractivity contribution in [1.29, 1.82) is 0 Å². The Kier molecular flexibility index (Phi) is 3.80. The monoisotopic (exact) mass is 387 g/mol. The highest BCUT2D eigenvalue weighted by Crippen LogP contribution is 2.55. The van der Waals surface area contributed by atoms with E-state index in [2.05, 4.69) is 27.8 Å². The molecule has 5 rings (SSSR count). The Bertz CT molecular complexity index is 976. The second kappa shape index (κ2) is 5.90. The smallest absolute Gasteiger partial charge is 0.211 e. The lowest BCUT2D eigenvalue weighted by molar-refractivity contribution is -0.0145. The minimum absolute atomic E-state index is 0.112. The minimum Gasteiger partial charge on any atom is -0.392 e. The lowest BCUT2D eigenvalue weighted by Crippen LogP contribution is -2.47. The van der Waals surface area contributed by atoms with Crippen LogP contribution in [0.3, 0.4) is 0 Å². The number of aliphatic hydroxyl groups excluding tert-OH is 1. The van der Waals surface area contributed by atoms with E-state index in [4.69, 9.17) is 0 Å². The number of aromatic nitrogens is 2. The summed E-state index contributed by atoms with van der Waals surface area (Å²) in [4.78, 5) is 4.34. The predicted molar refractivity (Wildman–Crippen MR) is 103 cm³/mol. The Morgan fingerprint density at radius 2 is 1.93 bits per heavy atom. The van der Waals surface area contributed by atoms with Crippen molar-refractivity contribution in [3.05, 3.63) is 42.4 Å². The molecule has 6 nitrogen and oxygen atoms in total. The van der Waals surface area contributed by atoms with E-state index in [0.29, 0.717) is 13.1 Å². The number of piperidine rings is 1. The lowest BCUT2D eigenvalue weighted by Gasteiger charge is -2.42. The molecule has 1 saturated heterocycles. The highest BCUT2D eigenvalue weighted by Gasteiger charge is 2.53. The third kappa shape index (κ3) is 2.52. The molecular weight excluding hydrogens is 362 g/mol. The molecule has 0 radical (unpaired) electrons. The van der Waals surface area contributed by atoms with Gasteiger partial charge in [-0.1, -0.05) is 24.3 Å². The SMILES string of the molecule is CS(=O)(=O)N1CCC2(CCC([C@H]3c4ccccc4-c4cncn43)C2O)CC1. The zero-order chi connectivity index (χ0) is 18.8. The van der Waals surface area contributed by atoms with Gasteiger partial charge in [-0.25, -0.2) is 17.7 Å². The van der Waals surface area contributed by atoms with Crippen molar-refractivity contribution in [2.24, 2.45) is 11.3 Å². The van der Waals surface area contributed by atoms with Crippen molar-refractivity contribution in [3.8, 4) is 11.3 Å². The van der Waals surface area contributed by atoms with Crippen LogP contribution in [0.1, 0.15) is 37.3 Å². The lowest BCUT2D eigenvalue weighted by atomic mass is 9.73. The van der Waals surface area contributed by atoms with Gasteiger partial charge < -0.3 is 9.67 Å². The minimum atomic E-state index is -3.15. The Balaban J connectivity index is 1.44. The van der Waals surface area contributed by atoms with E-state index in [1.165, 1.54) is 17.4 Å². The number of hydrogen-bond acceptors (Lipinski definition) is 4. The first-order chi connectivity index (χ1) is 12.9. The molecule has 144 valence electrons. The van der Waals surface area contributed by atoms with Crippen LogP contribution in [-0.4, -0.2) is 52.8 Å². The molecule has 1 saturated carbocycles. The van der Waals surface area contributed by atoms with E-state index < -0.39 is 16.1 Å². The Labute approximate surface area is 159 Å². The molecule has 2 aromatic rings. The molecule has 1 aromatic heterocycles. The van der Waals surface area contributed by atoms with Crippen LogP contribution in [0.15, 0.2) is 36.8 Å². The van der Waals surface area contributed by atoms with Gasteiger partial charge in [0.1, 0.15) is 0 Å². The van der Waals surface area contributed by atoms with E-state index in [1.807, 2.05) is 18.6 Å². The van der Waals surface area contributed by atoms with Gasteiger partial charge in [-0.2, -0.15) is 0 Å². The van der Waals surface area contributed by atoms with E-state index >= 15 is 0 Å². The van der Waals surface area contributed by atoms with Crippen molar-refractivity contribution >= 4 is 10.0 Å². The van der Waals surface area contributed by atoms with Gasteiger partial charge >= 0.3 is 0 Å². The molecule has 1 aromatic carbocycles. The molecule has 3 heterocycles. The highest BCUT2D eigenvalue weighted by atomic mass is 32.2. The largest absolute Gasteiger partial charge is 0.392 e. The van der Waals surface area contributed by atoms with Crippen LogP contribution < -0.4 is 0 Å². The van der Waals surface area contributed by atoms with Crippen LogP contribution in [-0.2, 0) is 10.0 Å². The van der Waals surface area contributed by atoms with Gasteiger partial charge in [0, 0.05) is 24.6 Å². The van der Waals surface area contributed by atoms with Crippen molar-refractivity contribution in [2.45, 2.75) is 37.8 Å². The first kappa shape index (κ1) is 17.4. The molecule has 3 aliphatic rings. The van der Waals surface area contributed by atoms with Crippen LogP contribution in [0, 0.1) is 11.3 Å². The van der Waals surface area contributed by atoms with E-state index in [-0.39, 0.29) is 17.4 Å². The maximum atomic E-state index is 11.8. The second-order valence-electron chi connectivity index (χ2n) is 8.39. The Hall–Kier alpha value is -1.70. The summed E-state index contributed by atoms with van der Waals surface area (Å²) in [5, 5.41) is 11.4. The highest BCUT2D eigenvalue weighted by molar-refractivity contribution is 7.88. The normalized spacial score (nSPS) is 29.8. The Morgan fingerprint density at radius 1 is 1.19 bits per heavy atom. The molecule has 2 fully saturated rings. The van der Waals surface area contributed by atoms with Gasteiger partial charge in [-0.05, 0) is 36.7 Å².